The smallest absolute Gasteiger partial charge is 0.0549 e. The van der Waals surface area contributed by atoms with Crippen LogP contribution in [0, 0.1) is 6.92 Å². The van der Waals surface area contributed by atoms with Crippen LogP contribution in [0.3, 0.4) is 0 Å². The van der Waals surface area contributed by atoms with E-state index in [2.05, 4.69) is 52.4 Å². The number of hydrogen-bond acceptors (Lipinski definition) is 2. The van der Waals surface area contributed by atoms with E-state index in [4.69, 9.17) is 0 Å². The molecule has 0 aliphatic carbocycles. The summed E-state index contributed by atoms with van der Waals surface area (Å²) in [5, 5.41) is 3.25. The average molecular weight is 352 g/mol. The first kappa shape index (κ1) is 15.4. The second kappa shape index (κ2) is 7.16. The highest BCUT2D eigenvalue weighted by atomic mass is 79.9. The summed E-state index contributed by atoms with van der Waals surface area (Å²) in [7, 11) is 0.883. The summed E-state index contributed by atoms with van der Waals surface area (Å²) >= 11 is 3.42. The predicted molar refractivity (Wildman–Crippen MR) is 88.4 cm³/mol. The number of aryl methyl sites for hydroxylation is 1. The summed E-state index contributed by atoms with van der Waals surface area (Å²) in [5.74, 6) is 0.565. The van der Waals surface area contributed by atoms with Crippen molar-refractivity contribution in [1.82, 2.24) is 5.32 Å². The Morgan fingerprint density at radius 2 is 1.90 bits per heavy atom. The fraction of sp³-hybridized carbons (Fsp3) is 0.250. The van der Waals surface area contributed by atoms with E-state index in [0.717, 1.165) is 9.37 Å². The molecule has 2 nitrogen and oxygen atoms in total. The molecule has 0 bridgehead atoms. The summed E-state index contributed by atoms with van der Waals surface area (Å²) in [6.45, 7) is 2.07. The molecule has 0 fully saturated rings. The van der Waals surface area contributed by atoms with Crippen molar-refractivity contribution in [2.75, 3.05) is 12.8 Å². The average Bonchev–Trinajstić information content (AvgIpc) is 2.45. The fourth-order valence-electron chi connectivity index (χ4n) is 2.00. The summed E-state index contributed by atoms with van der Waals surface area (Å²) in [6.07, 6.45) is 0. The van der Waals surface area contributed by atoms with Gasteiger partial charge in [-0.05, 0) is 37.7 Å². The first-order valence-electron chi connectivity index (χ1n) is 6.48. The Morgan fingerprint density at radius 3 is 2.50 bits per heavy atom. The van der Waals surface area contributed by atoms with E-state index in [1.54, 1.807) is 0 Å². The van der Waals surface area contributed by atoms with Crippen LogP contribution in [-0.4, -0.2) is 17.0 Å². The van der Waals surface area contributed by atoms with Gasteiger partial charge in [0.05, 0.1) is 10.8 Å². The highest BCUT2D eigenvalue weighted by Crippen LogP contribution is 2.20. The van der Waals surface area contributed by atoms with Gasteiger partial charge in [0.2, 0.25) is 0 Å². The zero-order chi connectivity index (χ0) is 14.5. The van der Waals surface area contributed by atoms with Gasteiger partial charge in [-0.3, -0.25) is 4.21 Å². The minimum absolute atomic E-state index is 0.0930. The van der Waals surface area contributed by atoms with Crippen molar-refractivity contribution in [2.24, 2.45) is 0 Å². The Labute approximate surface area is 131 Å². The van der Waals surface area contributed by atoms with Crippen LogP contribution >= 0.6 is 15.9 Å². The first-order valence-corrected chi connectivity index (χ1v) is 8.59. The van der Waals surface area contributed by atoms with Crippen LogP contribution in [-0.2, 0) is 10.8 Å². The maximum Gasteiger partial charge on any atom is 0.0549 e. The second-order valence-corrected chi connectivity index (χ2v) is 7.13. The van der Waals surface area contributed by atoms with Crippen LogP contribution in [0.4, 0.5) is 0 Å². The van der Waals surface area contributed by atoms with E-state index < -0.39 is 10.8 Å². The second-order valence-electron chi connectivity index (χ2n) is 4.72. The van der Waals surface area contributed by atoms with Gasteiger partial charge >= 0.3 is 0 Å². The molecule has 0 saturated heterocycles. The van der Waals surface area contributed by atoms with Crippen LogP contribution in [0.15, 0.2) is 57.9 Å². The molecule has 0 saturated carbocycles. The molecule has 0 amide bonds. The topological polar surface area (TPSA) is 29.1 Å². The summed E-state index contributed by atoms with van der Waals surface area (Å²) < 4.78 is 13.4. The van der Waals surface area contributed by atoms with Crippen molar-refractivity contribution in [3.05, 3.63) is 64.1 Å². The highest BCUT2D eigenvalue weighted by Gasteiger charge is 2.14. The first-order chi connectivity index (χ1) is 9.60. The summed E-state index contributed by atoms with van der Waals surface area (Å²) in [4.78, 5) is 0.853. The van der Waals surface area contributed by atoms with Gasteiger partial charge < -0.3 is 5.32 Å². The van der Waals surface area contributed by atoms with Crippen LogP contribution in [0.25, 0.3) is 0 Å². The van der Waals surface area contributed by atoms with E-state index in [9.17, 15) is 4.21 Å². The third-order valence-corrected chi connectivity index (χ3v) is 5.11. The van der Waals surface area contributed by atoms with Gasteiger partial charge in [-0.1, -0.05) is 51.8 Å². The molecule has 0 aliphatic heterocycles. The molecule has 4 heteroatoms. The predicted octanol–water partition coefficient (Wildman–Crippen LogP) is 3.83. The lowest BCUT2D eigenvalue weighted by Crippen LogP contribution is -2.22. The number of rotatable bonds is 5. The molecule has 2 aromatic carbocycles. The number of halogens is 1. The maximum absolute atomic E-state index is 12.5. The van der Waals surface area contributed by atoms with E-state index in [0.29, 0.717) is 5.75 Å². The number of hydrogen-bond donors (Lipinski definition) is 1. The lowest BCUT2D eigenvalue weighted by molar-refractivity contribution is 0.635. The molecule has 106 valence electrons. The molecule has 0 radical (unpaired) electrons. The Bertz CT molecular complexity index is 598. The van der Waals surface area contributed by atoms with Crippen LogP contribution < -0.4 is 5.32 Å². The van der Waals surface area contributed by atoms with Crippen molar-refractivity contribution in [3.8, 4) is 0 Å². The number of nitrogens with one attached hydrogen (secondary N) is 1. The van der Waals surface area contributed by atoms with Crippen LogP contribution in [0.1, 0.15) is 17.2 Å². The minimum atomic E-state index is -1.02. The standard InChI is InChI=1S/C16H18BrNOS/c1-12-6-8-13(9-7-12)16(18-2)11-20(19)15-5-3-4-14(17)10-15/h3-10,16,18H,11H2,1-2H3. The largest absolute Gasteiger partial charge is 0.312 e. The van der Waals surface area contributed by atoms with E-state index in [1.165, 1.54) is 11.1 Å². The third-order valence-electron chi connectivity index (χ3n) is 3.21. The van der Waals surface area contributed by atoms with Crippen molar-refractivity contribution in [2.45, 2.75) is 17.9 Å². The number of benzene rings is 2. The van der Waals surface area contributed by atoms with Crippen molar-refractivity contribution < 1.29 is 4.21 Å². The van der Waals surface area contributed by atoms with Crippen molar-refractivity contribution in [1.29, 1.82) is 0 Å². The van der Waals surface area contributed by atoms with Crippen LogP contribution in [0.2, 0.25) is 0 Å². The quantitative estimate of drug-likeness (QED) is 0.886. The van der Waals surface area contributed by atoms with Crippen molar-refractivity contribution >= 4 is 26.7 Å². The summed E-state index contributed by atoms with van der Waals surface area (Å²) in [6, 6.07) is 16.1. The van der Waals surface area contributed by atoms with Gasteiger partial charge in [-0.25, -0.2) is 0 Å². The highest BCUT2D eigenvalue weighted by molar-refractivity contribution is 9.10. The normalized spacial score (nSPS) is 13.9. The maximum atomic E-state index is 12.5. The van der Waals surface area contributed by atoms with Crippen LogP contribution in [0.5, 0.6) is 0 Å². The van der Waals surface area contributed by atoms with Gasteiger partial charge in [0, 0.05) is 21.2 Å². The Kier molecular flexibility index (Phi) is 5.52. The van der Waals surface area contributed by atoms with Gasteiger partial charge in [0.15, 0.2) is 0 Å². The molecule has 0 spiro atoms. The Morgan fingerprint density at radius 1 is 1.20 bits per heavy atom. The SMILES string of the molecule is CNC(CS(=O)c1cccc(Br)c1)c1ccc(C)cc1. The minimum Gasteiger partial charge on any atom is -0.312 e. The van der Waals surface area contributed by atoms with Gasteiger partial charge in [-0.15, -0.1) is 0 Å². The third kappa shape index (κ3) is 4.01. The van der Waals surface area contributed by atoms with Gasteiger partial charge in [0.1, 0.15) is 0 Å². The monoisotopic (exact) mass is 351 g/mol. The molecular formula is C16H18BrNOS. The zero-order valence-electron chi connectivity index (χ0n) is 11.6. The molecule has 1 N–H and O–H groups in total. The molecule has 20 heavy (non-hydrogen) atoms. The summed E-state index contributed by atoms with van der Waals surface area (Å²) in [5.41, 5.74) is 2.40. The van der Waals surface area contributed by atoms with E-state index >= 15 is 0 Å². The lowest BCUT2D eigenvalue weighted by atomic mass is 10.1. The van der Waals surface area contributed by atoms with E-state index in [-0.39, 0.29) is 6.04 Å². The van der Waals surface area contributed by atoms with Crippen molar-refractivity contribution in [3.63, 3.8) is 0 Å². The molecule has 2 rings (SSSR count). The Balaban J connectivity index is 2.14. The molecular weight excluding hydrogens is 334 g/mol. The zero-order valence-corrected chi connectivity index (χ0v) is 14.0. The fourth-order valence-corrected chi connectivity index (χ4v) is 3.90. The molecule has 0 aliphatic rings. The molecule has 2 aromatic rings. The lowest BCUT2D eigenvalue weighted by Gasteiger charge is -2.16. The van der Waals surface area contributed by atoms with Gasteiger partial charge in [0.25, 0.3) is 0 Å². The Hall–Kier alpha value is -0.970. The van der Waals surface area contributed by atoms with Gasteiger partial charge in [-0.2, -0.15) is 0 Å². The molecule has 2 unspecified atom stereocenters. The molecule has 0 heterocycles. The molecule has 0 aromatic heterocycles. The van der Waals surface area contributed by atoms with E-state index in [1.807, 2.05) is 31.3 Å². The molecule has 2 atom stereocenters.